The van der Waals surface area contributed by atoms with E-state index in [9.17, 15) is 9.18 Å². The van der Waals surface area contributed by atoms with E-state index in [1.165, 1.54) is 24.5 Å². The summed E-state index contributed by atoms with van der Waals surface area (Å²) in [5, 5.41) is 0.383. The topological polar surface area (TPSA) is 48.0 Å². The fraction of sp³-hybridized carbons (Fsp3) is 0.0769. The van der Waals surface area contributed by atoms with E-state index in [4.69, 9.17) is 4.42 Å². The minimum Gasteiger partial charge on any atom is -0.464 e. The van der Waals surface area contributed by atoms with Gasteiger partial charge in [-0.05, 0) is 12.1 Å². The molecule has 0 amide bonds. The Bertz CT molecular complexity index is 747. The maximum absolute atomic E-state index is 13.0. The Morgan fingerprint density at radius 1 is 1.39 bits per heavy atom. The van der Waals surface area contributed by atoms with Crippen molar-refractivity contribution in [2.75, 3.05) is 0 Å². The normalized spacial score (nSPS) is 10.9. The highest BCUT2D eigenvalue weighted by Gasteiger charge is 2.08. The standard InChI is InChI=1S/C13H9FN2O2/c14-10-1-2-11-12(5-10)18-7-9(13(11)17)6-16-4-3-15-8-16/h1-5,7-8H,6H2. The number of halogens is 1. The van der Waals surface area contributed by atoms with Crippen LogP contribution in [0.15, 0.2) is 52.4 Å². The molecule has 90 valence electrons. The zero-order valence-corrected chi connectivity index (χ0v) is 9.34. The van der Waals surface area contributed by atoms with E-state index in [0.29, 0.717) is 17.5 Å². The highest BCUT2D eigenvalue weighted by atomic mass is 19.1. The summed E-state index contributed by atoms with van der Waals surface area (Å²) in [6.45, 7) is 0.385. The lowest BCUT2D eigenvalue weighted by Crippen LogP contribution is -2.12. The zero-order chi connectivity index (χ0) is 12.5. The fourth-order valence-electron chi connectivity index (χ4n) is 1.83. The van der Waals surface area contributed by atoms with E-state index in [0.717, 1.165) is 0 Å². The minimum absolute atomic E-state index is 0.148. The SMILES string of the molecule is O=c1c(Cn2ccnc2)coc2cc(F)ccc12. The molecule has 0 bridgehead atoms. The lowest BCUT2D eigenvalue weighted by molar-refractivity contribution is 0.576. The Balaban J connectivity index is 2.12. The third kappa shape index (κ3) is 1.79. The number of imidazole rings is 1. The van der Waals surface area contributed by atoms with Crippen LogP contribution >= 0.6 is 0 Å². The number of nitrogens with zero attached hydrogens (tertiary/aromatic N) is 2. The molecule has 0 N–H and O–H groups in total. The first kappa shape index (κ1) is 10.7. The van der Waals surface area contributed by atoms with Gasteiger partial charge in [-0.1, -0.05) is 0 Å². The third-order valence-electron chi connectivity index (χ3n) is 2.72. The minimum atomic E-state index is -0.423. The van der Waals surface area contributed by atoms with Gasteiger partial charge in [-0.2, -0.15) is 0 Å². The van der Waals surface area contributed by atoms with Crippen molar-refractivity contribution in [2.24, 2.45) is 0 Å². The van der Waals surface area contributed by atoms with Crippen molar-refractivity contribution in [2.45, 2.75) is 6.54 Å². The predicted octanol–water partition coefficient (Wildman–Crippen LogP) is 2.18. The van der Waals surface area contributed by atoms with Crippen LogP contribution in [-0.2, 0) is 6.54 Å². The Labute approximate surface area is 101 Å². The number of aromatic nitrogens is 2. The molecule has 0 aliphatic heterocycles. The summed E-state index contributed by atoms with van der Waals surface area (Å²) >= 11 is 0. The molecule has 0 radical (unpaired) electrons. The van der Waals surface area contributed by atoms with Crippen LogP contribution in [0.25, 0.3) is 11.0 Å². The van der Waals surface area contributed by atoms with E-state index >= 15 is 0 Å². The van der Waals surface area contributed by atoms with E-state index in [-0.39, 0.29) is 11.0 Å². The Kier molecular flexibility index (Phi) is 2.44. The molecule has 18 heavy (non-hydrogen) atoms. The molecule has 0 fully saturated rings. The molecular formula is C13H9FN2O2. The molecule has 1 aromatic carbocycles. The third-order valence-corrected chi connectivity index (χ3v) is 2.72. The van der Waals surface area contributed by atoms with Crippen LogP contribution in [0.3, 0.4) is 0 Å². The van der Waals surface area contributed by atoms with Crippen LogP contribution in [-0.4, -0.2) is 9.55 Å². The maximum atomic E-state index is 13.0. The molecule has 4 nitrogen and oxygen atoms in total. The van der Waals surface area contributed by atoms with E-state index in [1.807, 2.05) is 0 Å². The van der Waals surface area contributed by atoms with Crippen LogP contribution in [0.4, 0.5) is 4.39 Å². The molecule has 5 heteroatoms. The van der Waals surface area contributed by atoms with Crippen molar-refractivity contribution in [1.82, 2.24) is 9.55 Å². The lowest BCUT2D eigenvalue weighted by atomic mass is 10.1. The first-order chi connectivity index (χ1) is 8.74. The molecule has 0 aliphatic rings. The van der Waals surface area contributed by atoms with Crippen molar-refractivity contribution in [3.63, 3.8) is 0 Å². The molecule has 3 aromatic rings. The highest BCUT2D eigenvalue weighted by molar-refractivity contribution is 5.76. The molecule has 0 aliphatic carbocycles. The van der Waals surface area contributed by atoms with E-state index in [1.54, 1.807) is 23.3 Å². The molecule has 2 heterocycles. The van der Waals surface area contributed by atoms with Crippen LogP contribution in [0.5, 0.6) is 0 Å². The van der Waals surface area contributed by atoms with E-state index in [2.05, 4.69) is 4.98 Å². The summed E-state index contributed by atoms with van der Waals surface area (Å²) in [5.41, 5.74) is 0.617. The average molecular weight is 244 g/mol. The van der Waals surface area contributed by atoms with Crippen LogP contribution in [0.1, 0.15) is 5.56 Å². The van der Waals surface area contributed by atoms with Gasteiger partial charge in [-0.3, -0.25) is 4.79 Å². The average Bonchev–Trinajstić information content (AvgIpc) is 2.85. The Morgan fingerprint density at radius 2 is 2.28 bits per heavy atom. The maximum Gasteiger partial charge on any atom is 0.197 e. The van der Waals surface area contributed by atoms with Gasteiger partial charge in [0.2, 0.25) is 0 Å². The smallest absolute Gasteiger partial charge is 0.197 e. The summed E-state index contributed by atoms with van der Waals surface area (Å²) in [6.07, 6.45) is 6.38. The molecule has 0 saturated heterocycles. The van der Waals surface area contributed by atoms with Gasteiger partial charge in [0.1, 0.15) is 11.4 Å². The summed E-state index contributed by atoms with van der Waals surface area (Å²) in [6, 6.07) is 3.89. The molecule has 3 rings (SSSR count). The molecule has 0 unspecified atom stereocenters. The zero-order valence-electron chi connectivity index (χ0n) is 9.34. The van der Waals surface area contributed by atoms with Gasteiger partial charge in [0.15, 0.2) is 5.43 Å². The largest absolute Gasteiger partial charge is 0.464 e. The van der Waals surface area contributed by atoms with Crippen molar-refractivity contribution < 1.29 is 8.81 Å². The number of fused-ring (bicyclic) bond motifs is 1. The number of hydrogen-bond acceptors (Lipinski definition) is 3. The molecule has 0 spiro atoms. The number of benzene rings is 1. The molecule has 0 saturated carbocycles. The Morgan fingerprint density at radius 3 is 3.06 bits per heavy atom. The summed E-state index contributed by atoms with van der Waals surface area (Å²) < 4.78 is 20.0. The van der Waals surface area contributed by atoms with Crippen LogP contribution < -0.4 is 5.43 Å². The van der Waals surface area contributed by atoms with Crippen molar-refractivity contribution in [3.05, 3.63) is 64.8 Å². The highest BCUT2D eigenvalue weighted by Crippen LogP contribution is 2.13. The first-order valence-electron chi connectivity index (χ1n) is 5.40. The molecule has 2 aromatic heterocycles. The number of hydrogen-bond donors (Lipinski definition) is 0. The first-order valence-corrected chi connectivity index (χ1v) is 5.40. The second-order valence-corrected chi connectivity index (χ2v) is 3.97. The van der Waals surface area contributed by atoms with Gasteiger partial charge in [0, 0.05) is 18.5 Å². The van der Waals surface area contributed by atoms with Crippen LogP contribution in [0, 0.1) is 5.82 Å². The van der Waals surface area contributed by atoms with Crippen molar-refractivity contribution in [3.8, 4) is 0 Å². The van der Waals surface area contributed by atoms with Crippen molar-refractivity contribution >= 4 is 11.0 Å². The summed E-state index contributed by atoms with van der Waals surface area (Å²) in [7, 11) is 0. The second kappa shape index (κ2) is 4.10. The van der Waals surface area contributed by atoms with Gasteiger partial charge < -0.3 is 8.98 Å². The number of rotatable bonds is 2. The molecular weight excluding hydrogens is 235 g/mol. The van der Waals surface area contributed by atoms with E-state index < -0.39 is 5.82 Å². The fourth-order valence-corrected chi connectivity index (χ4v) is 1.83. The van der Waals surface area contributed by atoms with Gasteiger partial charge in [-0.15, -0.1) is 0 Å². The van der Waals surface area contributed by atoms with Gasteiger partial charge in [0.05, 0.1) is 30.1 Å². The lowest BCUT2D eigenvalue weighted by Gasteiger charge is -2.03. The van der Waals surface area contributed by atoms with Crippen LogP contribution in [0.2, 0.25) is 0 Å². The van der Waals surface area contributed by atoms with Gasteiger partial charge >= 0.3 is 0 Å². The van der Waals surface area contributed by atoms with Gasteiger partial charge in [-0.25, -0.2) is 9.37 Å². The predicted molar refractivity (Wildman–Crippen MR) is 63.8 cm³/mol. The summed E-state index contributed by atoms with van der Waals surface area (Å²) in [5.74, 6) is -0.423. The molecule has 0 atom stereocenters. The van der Waals surface area contributed by atoms with Gasteiger partial charge in [0.25, 0.3) is 0 Å². The monoisotopic (exact) mass is 244 g/mol. The second-order valence-electron chi connectivity index (χ2n) is 3.97. The summed E-state index contributed by atoms with van der Waals surface area (Å²) in [4.78, 5) is 16.1. The quantitative estimate of drug-likeness (QED) is 0.694. The Hall–Kier alpha value is -2.43. The van der Waals surface area contributed by atoms with Crippen molar-refractivity contribution in [1.29, 1.82) is 0 Å².